The van der Waals surface area contributed by atoms with Crippen LogP contribution in [0.2, 0.25) is 0 Å². The summed E-state index contributed by atoms with van der Waals surface area (Å²) in [5.74, 6) is 0. The number of benzene rings is 1. The highest BCUT2D eigenvalue weighted by Gasteiger charge is 2.20. The van der Waals surface area contributed by atoms with Gasteiger partial charge in [0.15, 0.2) is 0 Å². The van der Waals surface area contributed by atoms with Crippen molar-refractivity contribution in [2.45, 2.75) is 6.54 Å². The molecule has 2 heterocycles. The SMILES string of the molecule is O=C(Nc1ccccc1)N1CCN(CCn2cccn2)CC1. The second kappa shape index (κ2) is 7.09. The van der Waals surface area contributed by atoms with Gasteiger partial charge in [0.05, 0.1) is 6.54 Å². The molecule has 0 bridgehead atoms. The summed E-state index contributed by atoms with van der Waals surface area (Å²) in [5, 5.41) is 7.14. The maximum atomic E-state index is 12.2. The molecule has 0 saturated carbocycles. The number of anilines is 1. The standard InChI is InChI=1S/C16H21N5O/c22-16(18-15-5-2-1-3-6-15)20-12-9-19(10-13-20)11-14-21-8-4-7-17-21/h1-8H,9-14H2,(H,18,22). The highest BCUT2D eigenvalue weighted by molar-refractivity contribution is 5.89. The van der Waals surface area contributed by atoms with Gasteiger partial charge >= 0.3 is 6.03 Å². The van der Waals surface area contributed by atoms with E-state index in [1.165, 1.54) is 0 Å². The first-order valence-electron chi connectivity index (χ1n) is 7.62. The molecule has 116 valence electrons. The van der Waals surface area contributed by atoms with Crippen LogP contribution in [0, 0.1) is 0 Å². The quantitative estimate of drug-likeness (QED) is 0.935. The molecule has 2 aromatic rings. The highest BCUT2D eigenvalue weighted by Crippen LogP contribution is 2.08. The molecule has 0 spiro atoms. The van der Waals surface area contributed by atoms with Crippen molar-refractivity contribution in [3.8, 4) is 0 Å². The number of piperazine rings is 1. The van der Waals surface area contributed by atoms with Gasteiger partial charge in [-0.1, -0.05) is 18.2 Å². The van der Waals surface area contributed by atoms with E-state index in [1.807, 2.05) is 52.2 Å². The minimum atomic E-state index is -0.0158. The third kappa shape index (κ3) is 3.85. The molecule has 1 aromatic heterocycles. The van der Waals surface area contributed by atoms with Crippen LogP contribution in [-0.4, -0.2) is 58.3 Å². The van der Waals surface area contributed by atoms with Gasteiger partial charge in [-0.05, 0) is 18.2 Å². The second-order valence-corrected chi connectivity index (χ2v) is 5.39. The van der Waals surface area contributed by atoms with Crippen LogP contribution < -0.4 is 5.32 Å². The first-order chi connectivity index (χ1) is 10.8. The Hall–Kier alpha value is -2.34. The van der Waals surface area contributed by atoms with Crippen molar-refractivity contribution in [1.29, 1.82) is 0 Å². The fourth-order valence-corrected chi connectivity index (χ4v) is 2.58. The number of carbonyl (C=O) groups is 1. The Morgan fingerprint density at radius 1 is 1.05 bits per heavy atom. The molecule has 0 radical (unpaired) electrons. The minimum Gasteiger partial charge on any atom is -0.322 e. The van der Waals surface area contributed by atoms with Crippen molar-refractivity contribution < 1.29 is 4.79 Å². The van der Waals surface area contributed by atoms with Crippen molar-refractivity contribution in [1.82, 2.24) is 19.6 Å². The molecule has 6 nitrogen and oxygen atoms in total. The molecular weight excluding hydrogens is 278 g/mol. The molecule has 0 aliphatic carbocycles. The number of aromatic nitrogens is 2. The normalized spacial score (nSPS) is 15.7. The van der Waals surface area contributed by atoms with Crippen LogP contribution >= 0.6 is 0 Å². The maximum Gasteiger partial charge on any atom is 0.321 e. The zero-order valence-corrected chi connectivity index (χ0v) is 12.6. The molecule has 1 aliphatic heterocycles. The molecule has 6 heteroatoms. The Morgan fingerprint density at radius 2 is 1.82 bits per heavy atom. The lowest BCUT2D eigenvalue weighted by Crippen LogP contribution is -2.50. The number of nitrogens with one attached hydrogen (secondary N) is 1. The van der Waals surface area contributed by atoms with Gasteiger partial charge in [-0.15, -0.1) is 0 Å². The second-order valence-electron chi connectivity index (χ2n) is 5.39. The number of urea groups is 1. The Balaban J connectivity index is 1.42. The van der Waals surface area contributed by atoms with Gasteiger partial charge in [0.2, 0.25) is 0 Å². The first-order valence-corrected chi connectivity index (χ1v) is 7.62. The average molecular weight is 299 g/mol. The van der Waals surface area contributed by atoms with Crippen LogP contribution in [0.1, 0.15) is 0 Å². The Bertz CT molecular complexity index is 576. The third-order valence-corrected chi connectivity index (χ3v) is 3.89. The predicted molar refractivity (Wildman–Crippen MR) is 85.7 cm³/mol. The molecule has 1 N–H and O–H groups in total. The predicted octanol–water partition coefficient (Wildman–Crippen LogP) is 1.73. The van der Waals surface area contributed by atoms with E-state index in [0.29, 0.717) is 0 Å². The van der Waals surface area contributed by atoms with Crippen LogP contribution in [0.4, 0.5) is 10.5 Å². The third-order valence-electron chi connectivity index (χ3n) is 3.89. The van der Waals surface area contributed by atoms with E-state index in [-0.39, 0.29) is 6.03 Å². The van der Waals surface area contributed by atoms with E-state index in [4.69, 9.17) is 0 Å². The number of hydrogen-bond donors (Lipinski definition) is 1. The van der Waals surface area contributed by atoms with E-state index >= 15 is 0 Å². The summed E-state index contributed by atoms with van der Waals surface area (Å²) in [5.41, 5.74) is 0.841. The Kier molecular flexibility index (Phi) is 4.70. The number of para-hydroxylation sites is 1. The summed E-state index contributed by atoms with van der Waals surface area (Å²) in [4.78, 5) is 16.4. The lowest BCUT2D eigenvalue weighted by atomic mass is 10.3. The van der Waals surface area contributed by atoms with Gasteiger partial charge < -0.3 is 10.2 Å². The highest BCUT2D eigenvalue weighted by atomic mass is 16.2. The molecule has 1 fully saturated rings. The monoisotopic (exact) mass is 299 g/mol. The Morgan fingerprint density at radius 3 is 2.50 bits per heavy atom. The molecule has 1 saturated heterocycles. The van der Waals surface area contributed by atoms with Crippen LogP contribution in [0.25, 0.3) is 0 Å². The van der Waals surface area contributed by atoms with Crippen molar-refractivity contribution in [3.63, 3.8) is 0 Å². The Labute approximate surface area is 130 Å². The van der Waals surface area contributed by atoms with Crippen LogP contribution in [0.3, 0.4) is 0 Å². The summed E-state index contributed by atoms with van der Waals surface area (Å²) in [6.07, 6.45) is 3.77. The van der Waals surface area contributed by atoms with Gasteiger partial charge in [-0.2, -0.15) is 5.10 Å². The molecule has 0 unspecified atom stereocenters. The van der Waals surface area contributed by atoms with E-state index in [1.54, 1.807) is 6.20 Å². The maximum absolute atomic E-state index is 12.2. The van der Waals surface area contributed by atoms with E-state index in [9.17, 15) is 4.79 Å². The molecular formula is C16H21N5O. The summed E-state index contributed by atoms with van der Waals surface area (Å²) in [6.45, 7) is 5.20. The summed E-state index contributed by atoms with van der Waals surface area (Å²) in [7, 11) is 0. The zero-order valence-electron chi connectivity index (χ0n) is 12.6. The average Bonchev–Trinajstić information content (AvgIpc) is 3.08. The largest absolute Gasteiger partial charge is 0.322 e. The molecule has 2 amide bonds. The van der Waals surface area contributed by atoms with Crippen molar-refractivity contribution in [2.75, 3.05) is 38.0 Å². The van der Waals surface area contributed by atoms with Crippen molar-refractivity contribution in [3.05, 3.63) is 48.8 Å². The number of rotatable bonds is 4. The lowest BCUT2D eigenvalue weighted by molar-refractivity contribution is 0.143. The lowest BCUT2D eigenvalue weighted by Gasteiger charge is -2.34. The fourth-order valence-electron chi connectivity index (χ4n) is 2.58. The molecule has 0 atom stereocenters. The van der Waals surface area contributed by atoms with Crippen molar-refractivity contribution >= 4 is 11.7 Å². The van der Waals surface area contributed by atoms with Crippen molar-refractivity contribution in [2.24, 2.45) is 0 Å². The molecule has 3 rings (SSSR count). The fraction of sp³-hybridized carbons (Fsp3) is 0.375. The smallest absolute Gasteiger partial charge is 0.321 e. The molecule has 1 aliphatic rings. The topological polar surface area (TPSA) is 53.4 Å². The van der Waals surface area contributed by atoms with Gasteiger partial charge in [0, 0.05) is 50.8 Å². The number of amides is 2. The van der Waals surface area contributed by atoms with E-state index < -0.39 is 0 Å². The van der Waals surface area contributed by atoms with Crippen LogP contribution in [-0.2, 0) is 6.54 Å². The number of carbonyl (C=O) groups excluding carboxylic acids is 1. The van der Waals surface area contributed by atoms with Crippen LogP contribution in [0.15, 0.2) is 48.8 Å². The summed E-state index contributed by atoms with van der Waals surface area (Å²) in [6, 6.07) is 11.5. The summed E-state index contributed by atoms with van der Waals surface area (Å²) < 4.78 is 1.94. The van der Waals surface area contributed by atoms with E-state index in [0.717, 1.165) is 45.0 Å². The van der Waals surface area contributed by atoms with Gasteiger partial charge in [-0.3, -0.25) is 9.58 Å². The zero-order chi connectivity index (χ0) is 15.2. The van der Waals surface area contributed by atoms with Gasteiger partial charge in [0.1, 0.15) is 0 Å². The molecule has 22 heavy (non-hydrogen) atoms. The number of hydrogen-bond acceptors (Lipinski definition) is 3. The minimum absolute atomic E-state index is 0.0158. The number of nitrogens with zero attached hydrogens (tertiary/aromatic N) is 4. The van der Waals surface area contributed by atoms with Gasteiger partial charge in [-0.25, -0.2) is 4.79 Å². The summed E-state index contributed by atoms with van der Waals surface area (Å²) >= 11 is 0. The first kappa shape index (κ1) is 14.6. The van der Waals surface area contributed by atoms with E-state index in [2.05, 4.69) is 15.3 Å². The van der Waals surface area contributed by atoms with Gasteiger partial charge in [0.25, 0.3) is 0 Å². The van der Waals surface area contributed by atoms with Crippen LogP contribution in [0.5, 0.6) is 0 Å². The molecule has 1 aromatic carbocycles.